The number of hydrogen-bond donors (Lipinski definition) is 1. The average molecular weight is 235 g/mol. The van der Waals surface area contributed by atoms with E-state index in [1.54, 1.807) is 0 Å². The van der Waals surface area contributed by atoms with Crippen molar-refractivity contribution in [2.45, 2.75) is 25.4 Å². The zero-order chi connectivity index (χ0) is 11.5. The van der Waals surface area contributed by atoms with Crippen LogP contribution in [0.2, 0.25) is 0 Å². The second kappa shape index (κ2) is 5.27. The van der Waals surface area contributed by atoms with Crippen molar-refractivity contribution in [3.05, 3.63) is 0 Å². The summed E-state index contributed by atoms with van der Waals surface area (Å²) in [5, 5.41) is 9.62. The van der Waals surface area contributed by atoms with Crippen LogP contribution in [0.25, 0.3) is 0 Å². The van der Waals surface area contributed by atoms with Gasteiger partial charge in [0, 0.05) is 19.3 Å². The molecule has 1 N–H and O–H groups in total. The fraction of sp³-hybridized carbons (Fsp3) is 1.00. The molecule has 0 radical (unpaired) electrons. The number of nitrogens with zero attached hydrogens (tertiary/aromatic N) is 1. The number of rotatable bonds is 5. The maximum atomic E-state index is 11.0. The Hall–Kier alpha value is -0.130. The number of aliphatic hydroxyl groups excluding tert-OH is 1. The van der Waals surface area contributed by atoms with E-state index in [4.69, 9.17) is 0 Å². The van der Waals surface area contributed by atoms with E-state index >= 15 is 0 Å². The lowest BCUT2D eigenvalue weighted by Crippen LogP contribution is -2.33. The largest absolute Gasteiger partial charge is 0.393 e. The van der Waals surface area contributed by atoms with Gasteiger partial charge in [-0.15, -0.1) is 0 Å². The van der Waals surface area contributed by atoms with Gasteiger partial charge in [0.15, 0.2) is 0 Å². The maximum Gasteiger partial charge on any atom is 0.148 e. The van der Waals surface area contributed by atoms with Gasteiger partial charge in [-0.2, -0.15) is 0 Å². The Bertz CT molecular complexity index is 289. The summed E-state index contributed by atoms with van der Waals surface area (Å²) >= 11 is 0. The monoisotopic (exact) mass is 235 g/mol. The zero-order valence-electron chi connectivity index (χ0n) is 9.52. The van der Waals surface area contributed by atoms with Crippen molar-refractivity contribution < 1.29 is 13.5 Å². The second-order valence-electron chi connectivity index (χ2n) is 4.65. The van der Waals surface area contributed by atoms with Gasteiger partial charge in [0.25, 0.3) is 0 Å². The maximum absolute atomic E-state index is 11.0. The van der Waals surface area contributed by atoms with Gasteiger partial charge in [0.2, 0.25) is 0 Å². The number of sulfone groups is 1. The predicted octanol–water partition coefficient (Wildman–Crippen LogP) is 0.124. The Morgan fingerprint density at radius 2 is 2.07 bits per heavy atom. The quantitative estimate of drug-likeness (QED) is 0.735. The first kappa shape index (κ1) is 12.9. The van der Waals surface area contributed by atoms with Crippen molar-refractivity contribution in [1.82, 2.24) is 4.90 Å². The summed E-state index contributed by atoms with van der Waals surface area (Å²) in [6.07, 6.45) is 4.11. The van der Waals surface area contributed by atoms with Crippen molar-refractivity contribution in [2.24, 2.45) is 5.92 Å². The van der Waals surface area contributed by atoms with E-state index < -0.39 is 9.84 Å². The van der Waals surface area contributed by atoms with Crippen LogP contribution < -0.4 is 0 Å². The molecular formula is C10H21NO3S. The van der Waals surface area contributed by atoms with Gasteiger partial charge in [0.1, 0.15) is 9.84 Å². The Labute approximate surface area is 92.2 Å². The van der Waals surface area contributed by atoms with Crippen molar-refractivity contribution in [3.8, 4) is 0 Å². The number of hydrogen-bond acceptors (Lipinski definition) is 4. The smallest absolute Gasteiger partial charge is 0.148 e. The molecule has 1 fully saturated rings. The van der Waals surface area contributed by atoms with Gasteiger partial charge in [-0.3, -0.25) is 0 Å². The molecule has 90 valence electrons. The first-order valence-corrected chi connectivity index (χ1v) is 7.49. The van der Waals surface area contributed by atoms with E-state index in [2.05, 4.69) is 0 Å². The molecule has 15 heavy (non-hydrogen) atoms. The normalized spacial score (nSPS) is 27.5. The van der Waals surface area contributed by atoms with Crippen molar-refractivity contribution >= 4 is 9.84 Å². The van der Waals surface area contributed by atoms with E-state index in [0.29, 0.717) is 12.5 Å². The van der Waals surface area contributed by atoms with Gasteiger partial charge >= 0.3 is 0 Å². The van der Waals surface area contributed by atoms with Crippen LogP contribution in [0.4, 0.5) is 0 Å². The van der Waals surface area contributed by atoms with Crippen LogP contribution >= 0.6 is 0 Å². The lowest BCUT2D eigenvalue weighted by Gasteiger charge is -2.22. The van der Waals surface area contributed by atoms with Crippen LogP contribution in [-0.2, 0) is 9.84 Å². The van der Waals surface area contributed by atoms with E-state index in [1.807, 2.05) is 11.9 Å². The molecule has 2 unspecified atom stereocenters. The van der Waals surface area contributed by atoms with Crippen LogP contribution in [-0.4, -0.2) is 56.7 Å². The summed E-state index contributed by atoms with van der Waals surface area (Å²) in [6.45, 7) is 1.36. The predicted molar refractivity (Wildman–Crippen MR) is 60.6 cm³/mol. The Morgan fingerprint density at radius 3 is 2.53 bits per heavy atom. The van der Waals surface area contributed by atoms with Gasteiger partial charge in [-0.25, -0.2) is 8.42 Å². The standard InChI is InChI=1S/C10H21NO3S/c1-11(6-7-15(2,13)14)8-9-4-3-5-10(9)12/h9-10,12H,3-8H2,1-2H3. The van der Waals surface area contributed by atoms with Crippen LogP contribution in [0.5, 0.6) is 0 Å². The second-order valence-corrected chi connectivity index (χ2v) is 6.91. The molecule has 0 amide bonds. The summed E-state index contributed by atoms with van der Waals surface area (Å²) in [5.74, 6) is 0.529. The Balaban J connectivity index is 2.26. The van der Waals surface area contributed by atoms with Crippen LogP contribution in [0.1, 0.15) is 19.3 Å². The highest BCUT2D eigenvalue weighted by Gasteiger charge is 2.26. The molecule has 0 heterocycles. The molecule has 0 bridgehead atoms. The summed E-state index contributed by atoms with van der Waals surface area (Å²) in [5.41, 5.74) is 0. The first-order chi connectivity index (χ1) is 6.88. The van der Waals surface area contributed by atoms with Crippen LogP contribution in [0.15, 0.2) is 0 Å². The van der Waals surface area contributed by atoms with Gasteiger partial charge < -0.3 is 10.0 Å². The fourth-order valence-corrected chi connectivity index (χ4v) is 2.69. The van der Waals surface area contributed by atoms with E-state index in [0.717, 1.165) is 25.8 Å². The SMILES string of the molecule is CN(CCS(C)(=O)=O)CC1CCCC1O. The minimum absolute atomic E-state index is 0.189. The third-order valence-electron chi connectivity index (χ3n) is 3.01. The highest BCUT2D eigenvalue weighted by Crippen LogP contribution is 2.25. The average Bonchev–Trinajstić information content (AvgIpc) is 2.47. The fourth-order valence-electron chi connectivity index (χ4n) is 2.04. The number of aliphatic hydroxyl groups is 1. The van der Waals surface area contributed by atoms with Crippen LogP contribution in [0.3, 0.4) is 0 Å². The minimum atomic E-state index is -2.87. The summed E-state index contributed by atoms with van der Waals surface area (Å²) in [7, 11) is -0.958. The zero-order valence-corrected chi connectivity index (χ0v) is 10.3. The molecular weight excluding hydrogens is 214 g/mol. The summed E-state index contributed by atoms with van der Waals surface area (Å²) in [6, 6.07) is 0. The molecule has 4 nitrogen and oxygen atoms in total. The van der Waals surface area contributed by atoms with Gasteiger partial charge in [-0.1, -0.05) is 6.42 Å². The van der Waals surface area contributed by atoms with E-state index in [1.165, 1.54) is 6.26 Å². The highest BCUT2D eigenvalue weighted by atomic mass is 32.2. The molecule has 5 heteroatoms. The lowest BCUT2D eigenvalue weighted by atomic mass is 10.1. The summed E-state index contributed by atoms with van der Waals surface area (Å²) < 4.78 is 21.9. The van der Waals surface area contributed by atoms with E-state index in [-0.39, 0.29) is 11.9 Å². The molecule has 1 aliphatic rings. The van der Waals surface area contributed by atoms with Crippen LogP contribution in [0, 0.1) is 5.92 Å². The molecule has 0 saturated heterocycles. The topological polar surface area (TPSA) is 57.6 Å². The molecule has 0 aromatic carbocycles. The molecule has 1 aliphatic carbocycles. The molecule has 0 aromatic heterocycles. The van der Waals surface area contributed by atoms with Gasteiger partial charge in [-0.05, 0) is 25.8 Å². The minimum Gasteiger partial charge on any atom is -0.393 e. The first-order valence-electron chi connectivity index (χ1n) is 5.43. The van der Waals surface area contributed by atoms with Crippen molar-refractivity contribution in [3.63, 3.8) is 0 Å². The third kappa shape index (κ3) is 4.95. The molecule has 1 rings (SSSR count). The molecule has 0 spiro atoms. The molecule has 0 aromatic rings. The Kier molecular flexibility index (Phi) is 4.55. The molecule has 0 aliphatic heterocycles. The van der Waals surface area contributed by atoms with E-state index in [9.17, 15) is 13.5 Å². The third-order valence-corrected chi connectivity index (χ3v) is 3.93. The van der Waals surface area contributed by atoms with Gasteiger partial charge in [0.05, 0.1) is 11.9 Å². The van der Waals surface area contributed by atoms with Crippen molar-refractivity contribution in [2.75, 3.05) is 32.1 Å². The van der Waals surface area contributed by atoms with Crippen molar-refractivity contribution in [1.29, 1.82) is 0 Å². The highest BCUT2D eigenvalue weighted by molar-refractivity contribution is 7.90. The molecule has 2 atom stereocenters. The molecule has 1 saturated carbocycles. The summed E-state index contributed by atoms with van der Waals surface area (Å²) in [4.78, 5) is 2.00. The Morgan fingerprint density at radius 1 is 1.40 bits per heavy atom. The lowest BCUT2D eigenvalue weighted by molar-refractivity contribution is 0.111.